The van der Waals surface area contributed by atoms with E-state index >= 15 is 0 Å². The lowest BCUT2D eigenvalue weighted by Gasteiger charge is -2.11. The third-order valence-corrected chi connectivity index (χ3v) is 3.62. The molecule has 3 aromatic rings. The lowest BCUT2D eigenvalue weighted by atomic mass is 10.2. The highest BCUT2D eigenvalue weighted by molar-refractivity contribution is 6.31. The number of hydrogen-bond donors (Lipinski definition) is 2. The van der Waals surface area contributed by atoms with E-state index in [0.29, 0.717) is 22.3 Å². The second-order valence-electron chi connectivity index (χ2n) is 5.87. The fourth-order valence-electron chi connectivity index (χ4n) is 2.29. The van der Waals surface area contributed by atoms with Crippen molar-refractivity contribution in [2.24, 2.45) is 0 Å². The van der Waals surface area contributed by atoms with Gasteiger partial charge in [-0.15, -0.1) is 0 Å². The zero-order chi connectivity index (χ0) is 17.8. The van der Waals surface area contributed by atoms with Gasteiger partial charge >= 0.3 is 6.03 Å². The number of carbonyl (C=O) groups is 1. The van der Waals surface area contributed by atoms with Crippen LogP contribution in [0.3, 0.4) is 0 Å². The summed E-state index contributed by atoms with van der Waals surface area (Å²) in [6.45, 7) is 3.81. The van der Waals surface area contributed by atoms with Crippen molar-refractivity contribution in [1.82, 2.24) is 10.3 Å². The molecule has 0 unspecified atom stereocenters. The number of aromatic nitrogens is 1. The summed E-state index contributed by atoms with van der Waals surface area (Å²) >= 11 is 5.97. The Kier molecular flexibility index (Phi) is 5.05. The average Bonchev–Trinajstić information content (AvgIpc) is 2.56. The lowest BCUT2D eigenvalue weighted by Crippen LogP contribution is -2.34. The Balaban J connectivity index is 1.69. The molecule has 6 heteroatoms. The second-order valence-corrected chi connectivity index (χ2v) is 6.30. The zero-order valence-corrected chi connectivity index (χ0v) is 14.7. The van der Waals surface area contributed by atoms with Crippen LogP contribution >= 0.6 is 11.6 Å². The highest BCUT2D eigenvalue weighted by atomic mass is 35.5. The van der Waals surface area contributed by atoms with E-state index in [-0.39, 0.29) is 12.1 Å². The zero-order valence-electron chi connectivity index (χ0n) is 13.9. The smallest absolute Gasteiger partial charge is 0.319 e. The molecule has 0 aliphatic rings. The minimum Gasteiger partial charge on any atom is -0.439 e. The van der Waals surface area contributed by atoms with E-state index in [1.165, 1.54) is 0 Å². The Morgan fingerprint density at radius 2 is 1.84 bits per heavy atom. The molecular formula is C19H18ClN3O2. The van der Waals surface area contributed by atoms with Gasteiger partial charge in [0, 0.05) is 28.2 Å². The van der Waals surface area contributed by atoms with Crippen LogP contribution in [-0.4, -0.2) is 17.1 Å². The molecule has 0 radical (unpaired) electrons. The lowest BCUT2D eigenvalue weighted by molar-refractivity contribution is 0.250. The van der Waals surface area contributed by atoms with Crippen LogP contribution < -0.4 is 15.4 Å². The van der Waals surface area contributed by atoms with Crippen molar-refractivity contribution in [3.05, 3.63) is 59.6 Å². The summed E-state index contributed by atoms with van der Waals surface area (Å²) in [5, 5.41) is 7.15. The minimum absolute atomic E-state index is 0.0801. The van der Waals surface area contributed by atoms with Crippen LogP contribution in [-0.2, 0) is 0 Å². The Morgan fingerprint density at radius 3 is 2.56 bits per heavy atom. The van der Waals surface area contributed by atoms with Gasteiger partial charge in [0.15, 0.2) is 0 Å². The quantitative estimate of drug-likeness (QED) is 0.675. The van der Waals surface area contributed by atoms with Gasteiger partial charge in [0.25, 0.3) is 0 Å². The van der Waals surface area contributed by atoms with Gasteiger partial charge in [-0.2, -0.15) is 0 Å². The fraction of sp³-hybridized carbons (Fsp3) is 0.158. The van der Waals surface area contributed by atoms with Crippen molar-refractivity contribution in [3.63, 3.8) is 0 Å². The molecule has 0 bridgehead atoms. The van der Waals surface area contributed by atoms with Crippen molar-refractivity contribution >= 4 is 34.2 Å². The van der Waals surface area contributed by atoms with Crippen LogP contribution in [0.5, 0.6) is 11.6 Å². The van der Waals surface area contributed by atoms with Crippen LogP contribution in [0, 0.1) is 0 Å². The van der Waals surface area contributed by atoms with Crippen LogP contribution in [0.25, 0.3) is 10.9 Å². The number of nitrogens with zero attached hydrogens (tertiary/aromatic N) is 1. The average molecular weight is 356 g/mol. The first-order valence-corrected chi connectivity index (χ1v) is 8.29. The third kappa shape index (κ3) is 4.61. The van der Waals surface area contributed by atoms with Gasteiger partial charge in [-0.1, -0.05) is 11.6 Å². The van der Waals surface area contributed by atoms with Crippen LogP contribution in [0.1, 0.15) is 13.8 Å². The molecule has 1 aromatic heterocycles. The molecule has 2 aromatic carbocycles. The SMILES string of the molecule is CC(C)NC(=O)Nc1ccc(Oc2ccc3cc(Cl)ccc3n2)cc1. The molecule has 0 spiro atoms. The maximum atomic E-state index is 11.7. The number of urea groups is 1. The molecule has 0 fully saturated rings. The monoisotopic (exact) mass is 355 g/mol. The third-order valence-electron chi connectivity index (χ3n) is 3.38. The summed E-state index contributed by atoms with van der Waals surface area (Å²) < 4.78 is 5.77. The highest BCUT2D eigenvalue weighted by Crippen LogP contribution is 2.25. The number of carbonyl (C=O) groups excluding carboxylic acids is 1. The minimum atomic E-state index is -0.237. The van der Waals surface area contributed by atoms with Crippen molar-refractivity contribution < 1.29 is 9.53 Å². The number of amides is 2. The van der Waals surface area contributed by atoms with Gasteiger partial charge in [-0.05, 0) is 62.4 Å². The van der Waals surface area contributed by atoms with E-state index in [1.807, 2.05) is 32.0 Å². The predicted molar refractivity (Wildman–Crippen MR) is 101 cm³/mol. The van der Waals surface area contributed by atoms with Gasteiger partial charge < -0.3 is 15.4 Å². The maximum absolute atomic E-state index is 11.7. The Morgan fingerprint density at radius 1 is 1.08 bits per heavy atom. The molecule has 3 rings (SSSR count). The number of rotatable bonds is 4. The first-order chi connectivity index (χ1) is 12.0. The number of fused-ring (bicyclic) bond motifs is 1. The number of anilines is 1. The second kappa shape index (κ2) is 7.40. The van der Waals surface area contributed by atoms with Crippen molar-refractivity contribution in [2.45, 2.75) is 19.9 Å². The number of halogens is 1. The van der Waals surface area contributed by atoms with Gasteiger partial charge in [0.1, 0.15) is 5.75 Å². The summed E-state index contributed by atoms with van der Waals surface area (Å²) in [6.07, 6.45) is 0. The van der Waals surface area contributed by atoms with Gasteiger partial charge in [0.2, 0.25) is 5.88 Å². The van der Waals surface area contributed by atoms with Crippen molar-refractivity contribution in [2.75, 3.05) is 5.32 Å². The van der Waals surface area contributed by atoms with E-state index in [4.69, 9.17) is 16.3 Å². The first-order valence-electron chi connectivity index (χ1n) is 7.91. The molecule has 0 aliphatic carbocycles. The molecule has 0 atom stereocenters. The van der Waals surface area contributed by atoms with Gasteiger partial charge in [0.05, 0.1) is 5.52 Å². The summed E-state index contributed by atoms with van der Waals surface area (Å²) in [7, 11) is 0. The number of hydrogen-bond acceptors (Lipinski definition) is 3. The van der Waals surface area contributed by atoms with Crippen molar-refractivity contribution in [3.8, 4) is 11.6 Å². The van der Waals surface area contributed by atoms with E-state index in [9.17, 15) is 4.79 Å². The summed E-state index contributed by atoms with van der Waals surface area (Å²) in [6, 6.07) is 16.2. The summed E-state index contributed by atoms with van der Waals surface area (Å²) in [5.41, 5.74) is 1.50. The molecule has 128 valence electrons. The van der Waals surface area contributed by atoms with Crippen LogP contribution in [0.15, 0.2) is 54.6 Å². The largest absolute Gasteiger partial charge is 0.439 e. The standard InChI is InChI=1S/C19H18ClN3O2/c1-12(2)21-19(24)22-15-5-7-16(8-6-15)25-18-10-3-13-11-14(20)4-9-17(13)23-18/h3-12H,1-2H3,(H2,21,22,24). The Hall–Kier alpha value is -2.79. The number of nitrogens with one attached hydrogen (secondary N) is 2. The summed E-state index contributed by atoms with van der Waals surface area (Å²) in [5.74, 6) is 1.13. The number of pyridine rings is 1. The summed E-state index contributed by atoms with van der Waals surface area (Å²) in [4.78, 5) is 16.1. The molecular weight excluding hydrogens is 338 g/mol. The topological polar surface area (TPSA) is 63.2 Å². The fourth-order valence-corrected chi connectivity index (χ4v) is 2.47. The molecule has 0 saturated heterocycles. The first kappa shape index (κ1) is 17.0. The molecule has 2 amide bonds. The van der Waals surface area contributed by atoms with Crippen molar-refractivity contribution in [1.29, 1.82) is 0 Å². The van der Waals surface area contributed by atoms with E-state index in [0.717, 1.165) is 10.9 Å². The maximum Gasteiger partial charge on any atom is 0.319 e. The molecule has 1 heterocycles. The molecule has 25 heavy (non-hydrogen) atoms. The highest BCUT2D eigenvalue weighted by Gasteiger charge is 2.05. The van der Waals surface area contributed by atoms with Gasteiger partial charge in [-0.3, -0.25) is 0 Å². The van der Waals surface area contributed by atoms with Gasteiger partial charge in [-0.25, -0.2) is 9.78 Å². The Labute approximate surface area is 151 Å². The van der Waals surface area contributed by atoms with Crippen LogP contribution in [0.4, 0.5) is 10.5 Å². The van der Waals surface area contributed by atoms with E-state index in [1.54, 1.807) is 36.4 Å². The van der Waals surface area contributed by atoms with E-state index in [2.05, 4.69) is 15.6 Å². The molecule has 0 saturated carbocycles. The molecule has 5 nitrogen and oxygen atoms in total. The van der Waals surface area contributed by atoms with E-state index < -0.39 is 0 Å². The number of ether oxygens (including phenoxy) is 1. The number of benzene rings is 2. The van der Waals surface area contributed by atoms with Crippen LogP contribution in [0.2, 0.25) is 5.02 Å². The normalized spacial score (nSPS) is 10.7. The molecule has 0 aliphatic heterocycles. The Bertz CT molecular complexity index is 895. The predicted octanol–water partition coefficient (Wildman–Crippen LogP) is 5.21. The molecule has 2 N–H and O–H groups in total.